The number of hydrogen-bond acceptors (Lipinski definition) is 10. The summed E-state index contributed by atoms with van der Waals surface area (Å²) < 4.78 is 43.4. The number of halogens is 3. The van der Waals surface area contributed by atoms with E-state index in [1.807, 2.05) is 0 Å². The van der Waals surface area contributed by atoms with Gasteiger partial charge in [0.25, 0.3) is 11.4 Å². The molecule has 0 spiro atoms. The van der Waals surface area contributed by atoms with Crippen molar-refractivity contribution in [1.29, 1.82) is 0 Å². The van der Waals surface area contributed by atoms with E-state index in [1.54, 1.807) is 0 Å². The normalized spacial score (nSPS) is 10.4. The summed E-state index contributed by atoms with van der Waals surface area (Å²) in [5.41, 5.74) is -0.179. The maximum absolute atomic E-state index is 10.4. The van der Waals surface area contributed by atoms with Crippen LogP contribution in [0, 0.1) is 20.2 Å². The number of nitrogens with zero attached hydrogens (tertiary/aromatic N) is 2. The van der Waals surface area contributed by atoms with Crippen LogP contribution >= 0.6 is 32.0 Å². The van der Waals surface area contributed by atoms with Gasteiger partial charge in [-0.3, -0.25) is 20.2 Å². The molecule has 0 aromatic heterocycles. The van der Waals surface area contributed by atoms with Gasteiger partial charge in [-0.15, -0.1) is 0 Å². The molecule has 0 atom stereocenters. The summed E-state index contributed by atoms with van der Waals surface area (Å²) in [7, 11) is 5.49. The number of aromatic hydroxyl groups is 1. The van der Waals surface area contributed by atoms with Gasteiger partial charge in [-0.2, -0.15) is 16.8 Å². The minimum atomic E-state index is -4.11. The van der Waals surface area contributed by atoms with Crippen molar-refractivity contribution < 1.29 is 36.0 Å². The molecule has 0 heterocycles. The van der Waals surface area contributed by atoms with E-state index >= 15 is 0 Å². The molecule has 12 nitrogen and oxygen atoms in total. The molecule has 0 unspecified atom stereocenters. The molecular weight excluding hydrogens is 503 g/mol. The Bertz CT molecular complexity index is 1030. The van der Waals surface area contributed by atoms with E-state index in [-0.39, 0.29) is 22.9 Å². The standard InChI is InChI=1S/C6H4ClNO5S.C6H5NO3.Cl2O2S/c7-14(11,12)13-6-3-1-5(2-4-6)8(9)10;8-6-3-1-5(2-4-6)7(9)10;1-5(2,3)4/h1-4H;1-4,8H;. The van der Waals surface area contributed by atoms with Crippen LogP contribution in [0.5, 0.6) is 11.5 Å². The summed E-state index contributed by atoms with van der Waals surface area (Å²) in [6.07, 6.45) is 0. The van der Waals surface area contributed by atoms with Crippen molar-refractivity contribution in [3.05, 3.63) is 68.8 Å². The molecule has 0 aliphatic rings. The van der Waals surface area contributed by atoms with Gasteiger partial charge in [-0.05, 0) is 24.3 Å². The third-order valence-electron chi connectivity index (χ3n) is 2.30. The third-order valence-corrected chi connectivity index (χ3v) is 2.88. The fraction of sp³-hybridized carbons (Fsp3) is 0. The van der Waals surface area contributed by atoms with Crippen LogP contribution < -0.4 is 4.18 Å². The van der Waals surface area contributed by atoms with E-state index in [2.05, 4.69) is 25.5 Å². The minimum Gasteiger partial charge on any atom is -0.508 e. The molecule has 2 aromatic carbocycles. The van der Waals surface area contributed by atoms with Crippen LogP contribution in [0.15, 0.2) is 48.5 Å². The van der Waals surface area contributed by atoms with Gasteiger partial charge in [-0.25, -0.2) is 0 Å². The van der Waals surface area contributed by atoms with Crippen molar-refractivity contribution in [2.75, 3.05) is 0 Å². The van der Waals surface area contributed by atoms with Gasteiger partial charge in [0.2, 0.25) is 0 Å². The average molecular weight is 512 g/mol. The van der Waals surface area contributed by atoms with Crippen LogP contribution in [0.2, 0.25) is 0 Å². The zero-order valence-corrected chi connectivity index (χ0v) is 17.5. The zero-order valence-electron chi connectivity index (χ0n) is 13.6. The fourth-order valence-electron chi connectivity index (χ4n) is 1.31. The minimum absolute atomic E-state index is 0.0159. The number of phenolic OH excluding ortho intramolecular Hbond substituents is 1. The van der Waals surface area contributed by atoms with E-state index in [9.17, 15) is 28.6 Å². The number of benzene rings is 2. The number of rotatable bonds is 4. The first-order valence-electron chi connectivity index (χ1n) is 6.54. The molecule has 1 N–H and O–H groups in total. The summed E-state index contributed by atoms with van der Waals surface area (Å²) in [6.45, 7) is 0. The van der Waals surface area contributed by atoms with Gasteiger partial charge < -0.3 is 9.29 Å². The van der Waals surface area contributed by atoms with E-state index in [1.165, 1.54) is 24.3 Å². The van der Waals surface area contributed by atoms with Crippen molar-refractivity contribution in [2.45, 2.75) is 0 Å². The Labute approximate surface area is 177 Å². The highest BCUT2D eigenvalue weighted by molar-refractivity contribution is 8.31. The van der Waals surface area contributed by atoms with Crippen LogP contribution in [0.1, 0.15) is 0 Å². The van der Waals surface area contributed by atoms with E-state index in [0.29, 0.717) is 0 Å². The molecule has 160 valence electrons. The second-order valence-electron chi connectivity index (χ2n) is 4.38. The highest BCUT2D eigenvalue weighted by Gasteiger charge is 2.09. The monoisotopic (exact) mass is 510 g/mol. The van der Waals surface area contributed by atoms with Crippen molar-refractivity contribution in [3.8, 4) is 11.5 Å². The van der Waals surface area contributed by atoms with Crippen molar-refractivity contribution in [2.24, 2.45) is 0 Å². The molecule has 0 amide bonds. The van der Waals surface area contributed by atoms with E-state index in [0.717, 1.165) is 24.3 Å². The highest BCUT2D eigenvalue weighted by atomic mass is 36.0. The molecule has 0 radical (unpaired) electrons. The van der Waals surface area contributed by atoms with Crippen LogP contribution in [-0.2, 0) is 17.6 Å². The lowest BCUT2D eigenvalue weighted by atomic mass is 10.3. The average Bonchev–Trinajstić information content (AvgIpc) is 2.53. The summed E-state index contributed by atoms with van der Waals surface area (Å²) in [5, 5.41) is 29.0. The number of hydrogen-bond donors (Lipinski definition) is 1. The first kappa shape index (κ1) is 26.6. The molecule has 0 fully saturated rings. The summed E-state index contributed by atoms with van der Waals surface area (Å²) in [4.78, 5) is 19.1. The molecule has 17 heteroatoms. The summed E-state index contributed by atoms with van der Waals surface area (Å²) >= 11 is 0. The molecule has 0 aliphatic heterocycles. The summed E-state index contributed by atoms with van der Waals surface area (Å²) in [5.74, 6) is -0.0452. The predicted octanol–water partition coefficient (Wildman–Crippen LogP) is 3.47. The van der Waals surface area contributed by atoms with Crippen molar-refractivity contribution in [1.82, 2.24) is 0 Å². The fourth-order valence-corrected chi connectivity index (χ4v) is 1.87. The Morgan fingerprint density at radius 1 is 0.759 bits per heavy atom. The van der Waals surface area contributed by atoms with E-state index < -0.39 is 27.4 Å². The van der Waals surface area contributed by atoms with Gasteiger partial charge in [0, 0.05) is 45.6 Å². The summed E-state index contributed by atoms with van der Waals surface area (Å²) in [6, 6.07) is 9.53. The second-order valence-corrected chi connectivity index (χ2v) is 10.1. The Morgan fingerprint density at radius 3 is 1.34 bits per heavy atom. The van der Waals surface area contributed by atoms with Crippen LogP contribution in [0.25, 0.3) is 0 Å². The number of nitro benzene ring substituents is 2. The zero-order chi connectivity index (χ0) is 22.8. The molecular formula is C12H9Cl3N2O10S2. The molecule has 0 aliphatic carbocycles. The topological polar surface area (TPSA) is 184 Å². The molecule has 2 rings (SSSR count). The molecule has 29 heavy (non-hydrogen) atoms. The molecule has 0 saturated heterocycles. The SMILES string of the molecule is O=S(=O)(Cl)Cl.O=[N+]([O-])c1ccc(O)cc1.O=[N+]([O-])c1ccc(OS(=O)(=O)Cl)cc1. The first-order chi connectivity index (χ1) is 13.1. The predicted molar refractivity (Wildman–Crippen MR) is 104 cm³/mol. The van der Waals surface area contributed by atoms with Gasteiger partial charge in [0.05, 0.1) is 20.5 Å². The number of phenols is 1. The second kappa shape index (κ2) is 11.6. The van der Waals surface area contributed by atoms with Gasteiger partial charge in [-0.1, -0.05) is 0 Å². The lowest BCUT2D eigenvalue weighted by Crippen LogP contribution is -1.99. The first-order valence-corrected chi connectivity index (χ1v) is 11.9. The van der Waals surface area contributed by atoms with Crippen LogP contribution in [0.4, 0.5) is 11.4 Å². The third kappa shape index (κ3) is 15.2. The molecule has 0 bridgehead atoms. The maximum atomic E-state index is 10.4. The number of nitro groups is 2. The van der Waals surface area contributed by atoms with Gasteiger partial charge in [0.15, 0.2) is 0 Å². The quantitative estimate of drug-likeness (QED) is 0.362. The lowest BCUT2D eigenvalue weighted by Gasteiger charge is -1.99. The van der Waals surface area contributed by atoms with Crippen LogP contribution in [0.3, 0.4) is 0 Å². The van der Waals surface area contributed by atoms with Crippen molar-refractivity contribution >= 4 is 61.0 Å². The molecule has 2 aromatic rings. The highest BCUT2D eigenvalue weighted by Crippen LogP contribution is 2.19. The van der Waals surface area contributed by atoms with E-state index in [4.69, 9.17) is 24.2 Å². The Kier molecular flexibility index (Phi) is 10.6. The Balaban J connectivity index is 0.000000455. The van der Waals surface area contributed by atoms with Crippen molar-refractivity contribution in [3.63, 3.8) is 0 Å². The maximum Gasteiger partial charge on any atom is 0.401 e. The molecule has 0 saturated carbocycles. The van der Waals surface area contributed by atoms with Gasteiger partial charge in [0.1, 0.15) is 11.5 Å². The smallest absolute Gasteiger partial charge is 0.401 e. The largest absolute Gasteiger partial charge is 0.508 e. The van der Waals surface area contributed by atoms with Gasteiger partial charge >= 0.3 is 17.6 Å². The number of non-ortho nitro benzene ring substituents is 2. The lowest BCUT2D eigenvalue weighted by molar-refractivity contribution is -0.385. The van der Waals surface area contributed by atoms with Crippen LogP contribution in [-0.4, -0.2) is 31.8 Å². The Hall–Kier alpha value is -2.39. The Morgan fingerprint density at radius 2 is 1.07 bits per heavy atom.